The van der Waals surface area contributed by atoms with Crippen molar-refractivity contribution in [2.24, 2.45) is 0 Å². The van der Waals surface area contributed by atoms with Gasteiger partial charge in [0.05, 0.1) is 6.04 Å². The Kier molecular flexibility index (Phi) is 7.57. The van der Waals surface area contributed by atoms with E-state index in [2.05, 4.69) is 0 Å². The Hall–Kier alpha value is -3.26. The molecule has 2 heterocycles. The fourth-order valence-corrected chi connectivity index (χ4v) is 5.06. The third-order valence-electron chi connectivity index (χ3n) is 5.83. The molecule has 0 saturated heterocycles. The molecule has 4 rings (SSSR count). The number of fused-ring (bicyclic) bond motifs is 1. The van der Waals surface area contributed by atoms with Crippen LogP contribution < -0.4 is 4.74 Å². The van der Waals surface area contributed by atoms with Crippen molar-refractivity contribution in [2.75, 3.05) is 26.2 Å². The number of hydrogen-bond acceptors (Lipinski definition) is 4. The molecule has 8 heteroatoms. The molecular formula is C26H26F2N2O3S. The molecule has 1 atom stereocenters. The van der Waals surface area contributed by atoms with Crippen LogP contribution in [0.15, 0.2) is 60.0 Å². The summed E-state index contributed by atoms with van der Waals surface area (Å²) in [5.74, 6) is -0.714. The Balaban J connectivity index is 1.51. The number of benzene rings is 2. The van der Waals surface area contributed by atoms with E-state index < -0.39 is 5.82 Å². The second-order valence-electron chi connectivity index (χ2n) is 8.15. The van der Waals surface area contributed by atoms with E-state index in [4.69, 9.17) is 4.74 Å². The maximum Gasteiger partial charge on any atom is 0.254 e. The van der Waals surface area contributed by atoms with Crippen molar-refractivity contribution in [3.05, 3.63) is 87.6 Å². The lowest BCUT2D eigenvalue weighted by Crippen LogP contribution is -2.48. The number of rotatable bonds is 8. The summed E-state index contributed by atoms with van der Waals surface area (Å²) < 4.78 is 32.4. The lowest BCUT2D eigenvalue weighted by Gasteiger charge is -2.37. The topological polar surface area (TPSA) is 49.9 Å². The molecule has 0 N–H and O–H groups in total. The monoisotopic (exact) mass is 484 g/mol. The van der Waals surface area contributed by atoms with E-state index >= 15 is 0 Å². The van der Waals surface area contributed by atoms with Crippen LogP contribution in [0.4, 0.5) is 8.78 Å². The molecule has 3 aromatic rings. The highest BCUT2D eigenvalue weighted by molar-refractivity contribution is 7.10. The summed E-state index contributed by atoms with van der Waals surface area (Å²) >= 11 is 1.65. The zero-order valence-corrected chi connectivity index (χ0v) is 19.7. The van der Waals surface area contributed by atoms with Crippen molar-refractivity contribution in [3.8, 4) is 5.75 Å². The zero-order chi connectivity index (χ0) is 24.1. The van der Waals surface area contributed by atoms with E-state index in [0.717, 1.165) is 12.0 Å². The van der Waals surface area contributed by atoms with E-state index in [1.54, 1.807) is 28.4 Å². The Bertz CT molecular complexity index is 1130. The smallest absolute Gasteiger partial charge is 0.254 e. The summed E-state index contributed by atoms with van der Waals surface area (Å²) in [6.45, 7) is 3.02. The van der Waals surface area contributed by atoms with Gasteiger partial charge in [0.25, 0.3) is 5.91 Å². The lowest BCUT2D eigenvalue weighted by molar-refractivity contribution is -0.135. The average molecular weight is 485 g/mol. The van der Waals surface area contributed by atoms with Crippen molar-refractivity contribution in [1.29, 1.82) is 0 Å². The highest BCUT2D eigenvalue weighted by Gasteiger charge is 2.33. The Morgan fingerprint density at radius 2 is 1.74 bits per heavy atom. The van der Waals surface area contributed by atoms with Gasteiger partial charge in [-0.25, -0.2) is 8.78 Å². The molecule has 1 aliphatic rings. The summed E-state index contributed by atoms with van der Waals surface area (Å²) in [6.07, 6.45) is 1.43. The number of nitrogens with zero attached hydrogens (tertiary/aromatic N) is 2. The predicted molar refractivity (Wildman–Crippen MR) is 127 cm³/mol. The molecule has 0 spiro atoms. The summed E-state index contributed by atoms with van der Waals surface area (Å²) in [6, 6.07) is 12.8. The van der Waals surface area contributed by atoms with Gasteiger partial charge in [-0.3, -0.25) is 9.59 Å². The van der Waals surface area contributed by atoms with E-state index in [1.165, 1.54) is 46.2 Å². The van der Waals surface area contributed by atoms with Crippen LogP contribution in [0.1, 0.15) is 40.2 Å². The molecule has 2 aromatic carbocycles. The van der Waals surface area contributed by atoms with Gasteiger partial charge in [0.1, 0.15) is 30.5 Å². The molecule has 5 nitrogen and oxygen atoms in total. The van der Waals surface area contributed by atoms with Gasteiger partial charge in [-0.05, 0) is 78.4 Å². The standard InChI is InChI=1S/C26H26F2N2O3S/c1-2-13-29(26(32)18-3-5-19(27)6-4-18)16-25(31)30-14-11-24-22(12-15-34-24)23(30)17-33-21-9-7-20(28)8-10-21/h3-10,12,15,23H,2,11,13-14,16-17H2,1H3/t23-/m1/s1. The van der Waals surface area contributed by atoms with Gasteiger partial charge in [0, 0.05) is 23.5 Å². The van der Waals surface area contributed by atoms with E-state index in [-0.39, 0.29) is 36.8 Å². The van der Waals surface area contributed by atoms with Crippen LogP contribution >= 0.6 is 11.3 Å². The number of thiophene rings is 1. The van der Waals surface area contributed by atoms with Crippen molar-refractivity contribution >= 4 is 23.2 Å². The van der Waals surface area contributed by atoms with Crippen molar-refractivity contribution in [1.82, 2.24) is 9.80 Å². The second-order valence-corrected chi connectivity index (χ2v) is 9.15. The van der Waals surface area contributed by atoms with Crippen LogP contribution in [0.25, 0.3) is 0 Å². The first-order valence-electron chi connectivity index (χ1n) is 11.2. The largest absolute Gasteiger partial charge is 0.491 e. The number of amides is 2. The molecule has 34 heavy (non-hydrogen) atoms. The van der Waals surface area contributed by atoms with Crippen LogP contribution in [0.2, 0.25) is 0 Å². The number of carbonyl (C=O) groups is 2. The normalized spacial score (nSPS) is 15.0. The van der Waals surface area contributed by atoms with Gasteiger partial charge in [-0.1, -0.05) is 6.92 Å². The number of hydrogen-bond donors (Lipinski definition) is 0. The van der Waals surface area contributed by atoms with Crippen LogP contribution in [-0.4, -0.2) is 47.9 Å². The highest BCUT2D eigenvalue weighted by atomic mass is 32.1. The Labute approximate surface area is 201 Å². The molecule has 0 radical (unpaired) electrons. The molecule has 0 bridgehead atoms. The third-order valence-corrected chi connectivity index (χ3v) is 6.83. The average Bonchev–Trinajstić information content (AvgIpc) is 3.32. The molecule has 2 amide bonds. The minimum absolute atomic E-state index is 0.0728. The first-order valence-corrected chi connectivity index (χ1v) is 12.1. The third kappa shape index (κ3) is 5.44. The molecular weight excluding hydrogens is 458 g/mol. The van der Waals surface area contributed by atoms with Gasteiger partial charge >= 0.3 is 0 Å². The fraction of sp³-hybridized carbons (Fsp3) is 0.308. The molecule has 0 aliphatic carbocycles. The van der Waals surface area contributed by atoms with Crippen molar-refractivity contribution < 1.29 is 23.1 Å². The van der Waals surface area contributed by atoms with Crippen LogP contribution in [0.3, 0.4) is 0 Å². The van der Waals surface area contributed by atoms with Crippen molar-refractivity contribution in [3.63, 3.8) is 0 Å². The molecule has 0 unspecified atom stereocenters. The van der Waals surface area contributed by atoms with Gasteiger partial charge < -0.3 is 14.5 Å². The van der Waals surface area contributed by atoms with Gasteiger partial charge in [-0.2, -0.15) is 0 Å². The zero-order valence-electron chi connectivity index (χ0n) is 18.9. The molecule has 178 valence electrons. The summed E-state index contributed by atoms with van der Waals surface area (Å²) in [5, 5.41) is 2.00. The van der Waals surface area contributed by atoms with E-state index in [9.17, 15) is 18.4 Å². The number of carbonyl (C=O) groups excluding carboxylic acids is 2. The maximum absolute atomic E-state index is 13.4. The molecule has 0 saturated carbocycles. The summed E-state index contributed by atoms with van der Waals surface area (Å²) in [7, 11) is 0. The summed E-state index contributed by atoms with van der Waals surface area (Å²) in [5.41, 5.74) is 1.39. The SMILES string of the molecule is CCCN(CC(=O)N1CCc2sccc2[C@H]1COc1ccc(F)cc1)C(=O)c1ccc(F)cc1. The minimum atomic E-state index is -0.418. The Morgan fingerprint density at radius 3 is 2.41 bits per heavy atom. The van der Waals surface area contributed by atoms with Gasteiger partial charge in [0.15, 0.2) is 0 Å². The van der Waals surface area contributed by atoms with E-state index in [0.29, 0.717) is 30.8 Å². The van der Waals surface area contributed by atoms with Gasteiger partial charge in [-0.15, -0.1) is 11.3 Å². The van der Waals surface area contributed by atoms with Crippen LogP contribution in [0.5, 0.6) is 5.75 Å². The van der Waals surface area contributed by atoms with Crippen LogP contribution in [-0.2, 0) is 11.2 Å². The first-order chi connectivity index (χ1) is 16.5. The summed E-state index contributed by atoms with van der Waals surface area (Å²) in [4.78, 5) is 30.9. The first kappa shape index (κ1) is 23.9. The predicted octanol–water partition coefficient (Wildman–Crippen LogP) is 5.08. The second kappa shape index (κ2) is 10.8. The lowest BCUT2D eigenvalue weighted by atomic mass is 10.0. The number of halogens is 2. The fourth-order valence-electron chi connectivity index (χ4n) is 4.13. The molecule has 1 aromatic heterocycles. The minimum Gasteiger partial charge on any atom is -0.491 e. The quantitative estimate of drug-likeness (QED) is 0.448. The Morgan fingerprint density at radius 1 is 1.06 bits per heavy atom. The highest BCUT2D eigenvalue weighted by Crippen LogP contribution is 2.34. The maximum atomic E-state index is 13.4. The number of ether oxygens (including phenoxy) is 1. The van der Waals surface area contributed by atoms with E-state index in [1.807, 2.05) is 18.4 Å². The van der Waals surface area contributed by atoms with Crippen LogP contribution in [0, 0.1) is 11.6 Å². The van der Waals surface area contributed by atoms with Crippen molar-refractivity contribution in [2.45, 2.75) is 25.8 Å². The molecule has 0 fully saturated rings. The molecule has 1 aliphatic heterocycles. The van der Waals surface area contributed by atoms with Gasteiger partial charge in [0.2, 0.25) is 5.91 Å².